The lowest BCUT2D eigenvalue weighted by Crippen LogP contribution is -2.30. The first-order valence-electron chi connectivity index (χ1n) is 19.4. The third-order valence-electron chi connectivity index (χ3n) is 11.7. The summed E-state index contributed by atoms with van der Waals surface area (Å²) in [5.41, 5.74) is 5.17. The standard InChI is InChI=1S/C43H54N4O7/c48-40(33-9-3-6-30(18-33)21-39(43(53)54)36-12-15-46-24-36)27-47(25-31-7-1-4-28(16-31)19-37(41(49)50)34-10-13-44-22-34)26-32-8-2-5-29(17-32)20-38(42(51)52)35-11-14-45-23-35/h1-9,16-18,34-39,44-46H,10-15,19-27H2,(H,49,50)(H,51,52)(H,53,54)/t34-,35-,36-,37-,38-,39-/m0/s1. The summed E-state index contributed by atoms with van der Waals surface area (Å²) >= 11 is 0. The van der Waals surface area contributed by atoms with Crippen LogP contribution in [0.5, 0.6) is 0 Å². The van der Waals surface area contributed by atoms with Crippen LogP contribution in [0.1, 0.15) is 57.4 Å². The van der Waals surface area contributed by atoms with Crippen LogP contribution in [0, 0.1) is 35.5 Å². The number of hydrogen-bond acceptors (Lipinski definition) is 8. The molecule has 3 saturated heterocycles. The third-order valence-corrected chi connectivity index (χ3v) is 11.7. The minimum absolute atomic E-state index is 0.0464. The van der Waals surface area contributed by atoms with E-state index >= 15 is 0 Å². The zero-order chi connectivity index (χ0) is 38.0. The molecule has 3 aromatic rings. The quantitative estimate of drug-likeness (QED) is 0.0979. The van der Waals surface area contributed by atoms with Crippen LogP contribution in [-0.4, -0.2) is 89.7 Å². The lowest BCUT2D eigenvalue weighted by Gasteiger charge is -2.24. The average molecular weight is 739 g/mol. The van der Waals surface area contributed by atoms with Gasteiger partial charge in [0.25, 0.3) is 0 Å². The lowest BCUT2D eigenvalue weighted by molar-refractivity contribution is -0.144. The molecule has 11 nitrogen and oxygen atoms in total. The van der Waals surface area contributed by atoms with Crippen molar-refractivity contribution in [2.75, 3.05) is 45.8 Å². The first kappa shape index (κ1) is 39.3. The molecule has 0 aromatic heterocycles. The van der Waals surface area contributed by atoms with Crippen molar-refractivity contribution in [3.63, 3.8) is 0 Å². The Bertz CT molecular complexity index is 1680. The normalized spacial score (nSPS) is 21.5. The van der Waals surface area contributed by atoms with E-state index in [1.54, 1.807) is 6.07 Å². The summed E-state index contributed by atoms with van der Waals surface area (Å²) in [5, 5.41) is 40.0. The predicted octanol–water partition coefficient (Wildman–Crippen LogP) is 4.13. The molecule has 0 radical (unpaired) electrons. The summed E-state index contributed by atoms with van der Waals surface area (Å²) in [6.45, 7) is 5.52. The molecule has 3 aliphatic heterocycles. The fourth-order valence-corrected chi connectivity index (χ4v) is 8.75. The number of carboxylic acid groups (broad SMARTS) is 3. The second-order valence-electron chi connectivity index (χ2n) is 15.6. The summed E-state index contributed by atoms with van der Waals surface area (Å²) in [7, 11) is 0. The van der Waals surface area contributed by atoms with Gasteiger partial charge in [-0.05, 0) is 129 Å². The number of Topliss-reactive ketones (excluding diaryl/α,β-unsaturated/α-hetero) is 1. The molecule has 6 N–H and O–H groups in total. The zero-order valence-electron chi connectivity index (χ0n) is 30.9. The van der Waals surface area contributed by atoms with E-state index in [1.165, 1.54) is 0 Å². The summed E-state index contributed by atoms with van der Waals surface area (Å²) in [6, 6.07) is 23.3. The van der Waals surface area contributed by atoms with E-state index < -0.39 is 35.7 Å². The SMILES string of the molecule is O=C(CN(Cc1cccc(C[C@H](C(=O)O)[C@H]2CCNC2)c1)Cc1cccc(C[C@H](C(=O)O)[C@H]2CCNC2)c1)c1cccc(C[C@H](C(=O)O)[C@H]2CCNC2)c1. The number of nitrogens with one attached hydrogen (secondary N) is 3. The van der Waals surface area contributed by atoms with Gasteiger partial charge >= 0.3 is 17.9 Å². The Morgan fingerprint density at radius 2 is 0.926 bits per heavy atom. The molecule has 54 heavy (non-hydrogen) atoms. The number of nitrogens with zero attached hydrogens (tertiary/aromatic N) is 1. The van der Waals surface area contributed by atoms with Gasteiger partial charge in [0, 0.05) is 18.7 Å². The van der Waals surface area contributed by atoms with Crippen LogP contribution in [0.4, 0.5) is 0 Å². The third kappa shape index (κ3) is 10.6. The first-order chi connectivity index (χ1) is 26.1. The van der Waals surface area contributed by atoms with Crippen molar-refractivity contribution in [2.24, 2.45) is 35.5 Å². The number of ketones is 1. The van der Waals surface area contributed by atoms with E-state index in [0.717, 1.165) is 66.7 Å². The monoisotopic (exact) mass is 738 g/mol. The molecule has 11 heteroatoms. The van der Waals surface area contributed by atoms with Crippen LogP contribution >= 0.6 is 0 Å². The smallest absolute Gasteiger partial charge is 0.307 e. The van der Waals surface area contributed by atoms with Gasteiger partial charge in [0.1, 0.15) is 0 Å². The Kier molecular flexibility index (Phi) is 13.6. The van der Waals surface area contributed by atoms with Crippen molar-refractivity contribution in [1.29, 1.82) is 0 Å². The minimum Gasteiger partial charge on any atom is -0.481 e. The van der Waals surface area contributed by atoms with Crippen molar-refractivity contribution in [2.45, 2.75) is 51.6 Å². The molecule has 0 bridgehead atoms. The fraction of sp³-hybridized carbons (Fsp3) is 0.488. The van der Waals surface area contributed by atoms with Crippen molar-refractivity contribution >= 4 is 23.7 Å². The molecule has 3 aromatic carbocycles. The van der Waals surface area contributed by atoms with Gasteiger partial charge in [-0.2, -0.15) is 0 Å². The number of aliphatic carboxylic acids is 3. The van der Waals surface area contributed by atoms with Crippen LogP contribution in [0.2, 0.25) is 0 Å². The van der Waals surface area contributed by atoms with Gasteiger partial charge in [0.05, 0.1) is 24.3 Å². The number of carbonyl (C=O) groups is 4. The topological polar surface area (TPSA) is 168 Å². The molecule has 3 aliphatic rings. The Morgan fingerprint density at radius 3 is 1.30 bits per heavy atom. The Morgan fingerprint density at radius 1 is 0.556 bits per heavy atom. The van der Waals surface area contributed by atoms with Crippen molar-refractivity contribution < 1.29 is 34.5 Å². The summed E-state index contributed by atoms with van der Waals surface area (Å²) < 4.78 is 0. The maximum Gasteiger partial charge on any atom is 0.307 e. The van der Waals surface area contributed by atoms with Gasteiger partial charge in [-0.15, -0.1) is 0 Å². The van der Waals surface area contributed by atoms with E-state index in [9.17, 15) is 34.5 Å². The first-order valence-corrected chi connectivity index (χ1v) is 19.4. The molecule has 3 fully saturated rings. The zero-order valence-corrected chi connectivity index (χ0v) is 30.9. The van der Waals surface area contributed by atoms with Gasteiger partial charge < -0.3 is 31.3 Å². The van der Waals surface area contributed by atoms with Gasteiger partial charge in [-0.3, -0.25) is 24.1 Å². The van der Waals surface area contributed by atoms with E-state index in [-0.39, 0.29) is 30.1 Å². The van der Waals surface area contributed by atoms with E-state index in [1.807, 2.05) is 66.7 Å². The van der Waals surface area contributed by atoms with Gasteiger partial charge in [-0.1, -0.05) is 66.7 Å². The molecule has 0 spiro atoms. The summed E-state index contributed by atoms with van der Waals surface area (Å²) in [5.74, 6) is -3.77. The molecule has 288 valence electrons. The number of benzene rings is 3. The van der Waals surface area contributed by atoms with Crippen molar-refractivity contribution in [1.82, 2.24) is 20.9 Å². The minimum atomic E-state index is -0.819. The lowest BCUT2D eigenvalue weighted by atomic mass is 9.85. The van der Waals surface area contributed by atoms with Crippen LogP contribution in [0.25, 0.3) is 0 Å². The van der Waals surface area contributed by atoms with E-state index in [0.29, 0.717) is 57.5 Å². The molecule has 6 rings (SSSR count). The second-order valence-corrected chi connectivity index (χ2v) is 15.6. The molecule has 6 atom stereocenters. The Balaban J connectivity index is 1.21. The van der Waals surface area contributed by atoms with Crippen LogP contribution in [0.15, 0.2) is 72.8 Å². The average Bonchev–Trinajstić information content (AvgIpc) is 3.97. The molecular formula is C43H54N4O7. The molecule has 0 unspecified atom stereocenters. The van der Waals surface area contributed by atoms with Crippen LogP contribution < -0.4 is 16.0 Å². The highest BCUT2D eigenvalue weighted by atomic mass is 16.4. The van der Waals surface area contributed by atoms with Gasteiger partial charge in [-0.25, -0.2) is 0 Å². The van der Waals surface area contributed by atoms with Crippen molar-refractivity contribution in [3.05, 3.63) is 106 Å². The highest BCUT2D eigenvalue weighted by molar-refractivity contribution is 5.97. The molecule has 3 heterocycles. The maximum absolute atomic E-state index is 14.0. The second kappa shape index (κ2) is 18.8. The van der Waals surface area contributed by atoms with Gasteiger partial charge in [0.2, 0.25) is 0 Å². The number of carbonyl (C=O) groups excluding carboxylic acids is 1. The maximum atomic E-state index is 14.0. The number of rotatable bonds is 19. The van der Waals surface area contributed by atoms with E-state index in [4.69, 9.17) is 0 Å². The summed E-state index contributed by atoms with van der Waals surface area (Å²) in [4.78, 5) is 52.8. The van der Waals surface area contributed by atoms with Gasteiger partial charge in [0.15, 0.2) is 5.78 Å². The largest absolute Gasteiger partial charge is 0.481 e. The molecule has 0 amide bonds. The Hall–Kier alpha value is -4.42. The number of carboxylic acids is 3. The van der Waals surface area contributed by atoms with Crippen LogP contribution in [-0.2, 0) is 46.7 Å². The summed E-state index contributed by atoms with van der Waals surface area (Å²) in [6.07, 6.45) is 3.71. The molecule has 0 aliphatic carbocycles. The predicted molar refractivity (Wildman–Crippen MR) is 205 cm³/mol. The molecular weight excluding hydrogens is 684 g/mol. The highest BCUT2D eigenvalue weighted by Gasteiger charge is 2.33. The fourth-order valence-electron chi connectivity index (χ4n) is 8.75. The number of hydrogen-bond donors (Lipinski definition) is 6. The van der Waals surface area contributed by atoms with E-state index in [2.05, 4.69) is 20.9 Å². The highest BCUT2D eigenvalue weighted by Crippen LogP contribution is 2.27. The Labute approximate surface area is 317 Å². The van der Waals surface area contributed by atoms with Crippen molar-refractivity contribution in [3.8, 4) is 0 Å². The molecule has 0 saturated carbocycles. The van der Waals surface area contributed by atoms with Crippen LogP contribution in [0.3, 0.4) is 0 Å².